The fraction of sp³-hybridized carbons (Fsp3) is 0.389. The van der Waals surface area contributed by atoms with Crippen molar-refractivity contribution < 1.29 is 19.9 Å². The highest BCUT2D eigenvalue weighted by Gasteiger charge is 2.35. The third-order valence-corrected chi connectivity index (χ3v) is 5.18. The first-order valence-electron chi connectivity index (χ1n) is 9.29. The number of nitrogen functional groups attached to an aromatic ring is 1. The van der Waals surface area contributed by atoms with Crippen LogP contribution in [0.25, 0.3) is 11.2 Å². The van der Waals surface area contributed by atoms with Gasteiger partial charge in [0.25, 0.3) is 11.2 Å². The first-order chi connectivity index (χ1) is 14.4. The highest BCUT2D eigenvalue weighted by atomic mass is 16.6. The number of hydrogen-bond donors (Lipinski definition) is 3. The number of aromatic nitrogens is 4. The Bertz CT molecular complexity index is 1140. The summed E-state index contributed by atoms with van der Waals surface area (Å²) in [5, 5.41) is 29.9. The van der Waals surface area contributed by atoms with Crippen molar-refractivity contribution in [2.45, 2.75) is 37.8 Å². The predicted octanol–water partition coefficient (Wildman–Crippen LogP) is -0.0332. The fourth-order valence-corrected chi connectivity index (χ4v) is 3.52. The van der Waals surface area contributed by atoms with Gasteiger partial charge in [-0.15, -0.1) is 0 Å². The number of non-ortho nitro benzene ring substituents is 1. The molecule has 1 saturated heterocycles. The van der Waals surface area contributed by atoms with E-state index in [1.807, 2.05) is 0 Å². The number of aliphatic hydroxyl groups is 2. The summed E-state index contributed by atoms with van der Waals surface area (Å²) in [6, 6.07) is 6.06. The first kappa shape index (κ1) is 19.9. The number of nitrogens with two attached hydrogens (primary N) is 1. The number of nitrogens with zero attached hydrogens (tertiary/aromatic N) is 5. The summed E-state index contributed by atoms with van der Waals surface area (Å²) in [5.41, 5.74) is 6.74. The van der Waals surface area contributed by atoms with Crippen LogP contribution in [0.1, 0.15) is 18.2 Å². The monoisotopic (exact) mass is 416 g/mol. The minimum Gasteiger partial charge on any atom is -0.394 e. The number of aliphatic hydroxyl groups excluding tert-OH is 2. The molecule has 3 heterocycles. The molecule has 0 saturated carbocycles. The molecule has 12 nitrogen and oxygen atoms in total. The highest BCUT2D eigenvalue weighted by Crippen LogP contribution is 2.30. The van der Waals surface area contributed by atoms with Crippen LogP contribution >= 0.6 is 0 Å². The Kier molecular flexibility index (Phi) is 5.20. The summed E-state index contributed by atoms with van der Waals surface area (Å²) >= 11 is 0. The lowest BCUT2D eigenvalue weighted by atomic mass is 10.1. The van der Waals surface area contributed by atoms with Crippen molar-refractivity contribution in [1.82, 2.24) is 19.1 Å². The number of hydrogen-bond acceptors (Lipinski definition) is 9. The number of rotatable bonds is 6. The molecule has 0 amide bonds. The first-order valence-corrected chi connectivity index (χ1v) is 9.29. The molecule has 2 aromatic heterocycles. The van der Waals surface area contributed by atoms with E-state index in [1.165, 1.54) is 27.6 Å². The zero-order valence-electron chi connectivity index (χ0n) is 15.8. The maximum absolute atomic E-state index is 12.9. The van der Waals surface area contributed by atoms with Gasteiger partial charge in [0.1, 0.15) is 12.3 Å². The number of fused-ring (bicyclic) bond motifs is 1. The van der Waals surface area contributed by atoms with Crippen molar-refractivity contribution in [3.05, 3.63) is 56.6 Å². The van der Waals surface area contributed by atoms with E-state index in [9.17, 15) is 25.1 Å². The number of anilines is 1. The van der Waals surface area contributed by atoms with E-state index >= 15 is 0 Å². The Hall–Kier alpha value is -3.35. The van der Waals surface area contributed by atoms with Crippen molar-refractivity contribution in [3.63, 3.8) is 0 Å². The number of ether oxygens (including phenoxy) is 1. The Morgan fingerprint density at radius 3 is 2.70 bits per heavy atom. The maximum atomic E-state index is 12.9. The van der Waals surface area contributed by atoms with Crippen molar-refractivity contribution >= 4 is 22.8 Å². The van der Waals surface area contributed by atoms with E-state index in [1.54, 1.807) is 12.1 Å². The topological polar surface area (TPSA) is 172 Å². The molecule has 0 bridgehead atoms. The van der Waals surface area contributed by atoms with Gasteiger partial charge in [-0.25, -0.2) is 4.98 Å². The summed E-state index contributed by atoms with van der Waals surface area (Å²) in [4.78, 5) is 31.6. The highest BCUT2D eigenvalue weighted by molar-refractivity contribution is 5.71. The Morgan fingerprint density at radius 1 is 1.33 bits per heavy atom. The number of nitro benzene ring substituents is 1. The van der Waals surface area contributed by atoms with Crippen LogP contribution in [0.4, 0.5) is 11.6 Å². The maximum Gasteiger partial charge on any atom is 0.283 e. The second kappa shape index (κ2) is 7.82. The fourth-order valence-electron chi connectivity index (χ4n) is 3.52. The minimum absolute atomic E-state index is 0.00610. The van der Waals surface area contributed by atoms with E-state index in [0.29, 0.717) is 6.42 Å². The van der Waals surface area contributed by atoms with E-state index in [0.717, 1.165) is 5.56 Å². The van der Waals surface area contributed by atoms with Crippen LogP contribution in [0, 0.1) is 10.1 Å². The van der Waals surface area contributed by atoms with Crippen LogP contribution in [-0.2, 0) is 17.7 Å². The number of aryl methyl sites for hydroxylation is 1. The molecule has 1 aliphatic rings. The molecule has 0 spiro atoms. The quantitative estimate of drug-likeness (QED) is 0.368. The molecule has 4 rings (SSSR count). The van der Waals surface area contributed by atoms with Gasteiger partial charge in [0, 0.05) is 25.1 Å². The molecule has 30 heavy (non-hydrogen) atoms. The third kappa shape index (κ3) is 3.51. The predicted molar refractivity (Wildman–Crippen MR) is 105 cm³/mol. The summed E-state index contributed by atoms with van der Waals surface area (Å²) in [6.45, 7) is -0.0984. The van der Waals surface area contributed by atoms with Crippen LogP contribution in [-0.4, -0.2) is 53.1 Å². The zero-order valence-corrected chi connectivity index (χ0v) is 15.8. The number of nitro groups is 1. The normalized spacial score (nSPS) is 21.3. The van der Waals surface area contributed by atoms with Gasteiger partial charge in [0.2, 0.25) is 5.95 Å². The molecule has 3 atom stereocenters. The molecular formula is C18H20N6O6. The molecule has 4 N–H and O–H groups in total. The van der Waals surface area contributed by atoms with Crippen molar-refractivity contribution in [3.8, 4) is 0 Å². The lowest BCUT2D eigenvalue weighted by Crippen LogP contribution is -2.26. The Morgan fingerprint density at radius 2 is 2.07 bits per heavy atom. The molecule has 1 aliphatic heterocycles. The molecular weight excluding hydrogens is 396 g/mol. The average Bonchev–Trinajstić information content (AvgIpc) is 3.31. The van der Waals surface area contributed by atoms with Crippen LogP contribution in [0.15, 0.2) is 35.4 Å². The van der Waals surface area contributed by atoms with E-state index in [-0.39, 0.29) is 42.4 Å². The van der Waals surface area contributed by atoms with Crippen LogP contribution in [0.5, 0.6) is 0 Å². The minimum atomic E-state index is -0.836. The summed E-state index contributed by atoms with van der Waals surface area (Å²) in [7, 11) is 0. The number of imidazole rings is 1. The second-order valence-electron chi connectivity index (χ2n) is 7.04. The SMILES string of the molecule is Nc1nc2c(ncn2[C@H]2C[C@H](O)[C@@H](CO)O2)c(=O)n1CCc1ccc([N+](=O)[O-])cc1. The molecule has 1 fully saturated rings. The van der Waals surface area contributed by atoms with Gasteiger partial charge in [-0.2, -0.15) is 4.98 Å². The van der Waals surface area contributed by atoms with Gasteiger partial charge in [0.05, 0.1) is 24.0 Å². The smallest absolute Gasteiger partial charge is 0.283 e. The molecule has 12 heteroatoms. The standard InChI is InChI=1S/C18H20N6O6/c19-18-21-16-15(20-9-23(16)14-7-12(26)13(8-25)30-14)17(27)22(18)6-5-10-1-3-11(4-2-10)24(28)29/h1-4,9,12-14,25-26H,5-8H2,(H2,19,21)/t12-,13+,14+/m0/s1. The van der Waals surface area contributed by atoms with Crippen LogP contribution < -0.4 is 11.3 Å². The lowest BCUT2D eigenvalue weighted by Gasteiger charge is -2.14. The van der Waals surface area contributed by atoms with Gasteiger partial charge in [-0.1, -0.05) is 12.1 Å². The zero-order chi connectivity index (χ0) is 21.4. The average molecular weight is 416 g/mol. The third-order valence-electron chi connectivity index (χ3n) is 5.18. The van der Waals surface area contributed by atoms with E-state index < -0.39 is 28.9 Å². The van der Waals surface area contributed by atoms with Gasteiger partial charge < -0.3 is 20.7 Å². The van der Waals surface area contributed by atoms with E-state index in [4.69, 9.17) is 10.5 Å². The molecule has 158 valence electrons. The molecule has 0 aliphatic carbocycles. The Balaban J connectivity index is 1.58. The van der Waals surface area contributed by atoms with Crippen LogP contribution in [0.3, 0.4) is 0 Å². The largest absolute Gasteiger partial charge is 0.394 e. The summed E-state index contributed by atoms with van der Waals surface area (Å²) < 4.78 is 8.42. The molecule has 1 aromatic carbocycles. The van der Waals surface area contributed by atoms with Crippen molar-refractivity contribution in [1.29, 1.82) is 0 Å². The van der Waals surface area contributed by atoms with Gasteiger partial charge >= 0.3 is 0 Å². The molecule has 0 radical (unpaired) electrons. The van der Waals surface area contributed by atoms with Gasteiger partial charge in [-0.3, -0.25) is 24.0 Å². The molecule has 3 aromatic rings. The van der Waals surface area contributed by atoms with Gasteiger partial charge in [0.15, 0.2) is 11.2 Å². The molecule has 0 unspecified atom stereocenters. The Labute approximate surface area is 169 Å². The summed E-state index contributed by atoms with van der Waals surface area (Å²) in [5.74, 6) is -0.00610. The second-order valence-corrected chi connectivity index (χ2v) is 7.04. The van der Waals surface area contributed by atoms with Crippen LogP contribution in [0.2, 0.25) is 0 Å². The van der Waals surface area contributed by atoms with Crippen molar-refractivity contribution in [2.75, 3.05) is 12.3 Å². The lowest BCUT2D eigenvalue weighted by molar-refractivity contribution is -0.384. The van der Waals surface area contributed by atoms with Crippen molar-refractivity contribution in [2.24, 2.45) is 0 Å². The summed E-state index contributed by atoms with van der Waals surface area (Å²) in [6.07, 6.45) is -0.127. The van der Waals surface area contributed by atoms with Gasteiger partial charge in [-0.05, 0) is 12.0 Å². The van der Waals surface area contributed by atoms with E-state index in [2.05, 4.69) is 9.97 Å². The number of benzene rings is 1.